The van der Waals surface area contributed by atoms with Gasteiger partial charge in [-0.05, 0) is 91.0 Å². The molecule has 0 bridgehead atoms. The number of fused-ring (bicyclic) bond motifs is 3. The molecule has 3 aromatic heterocycles. The first-order chi connectivity index (χ1) is 25.9. The number of nitrogens with zero attached hydrogens (tertiary/aromatic N) is 1. The second-order valence-electron chi connectivity index (χ2n) is 17.4. The molecule has 6 aromatic rings. The molecule has 0 amide bonds. The SMILES string of the molecule is CCC(C)(CC)C(=O)/C=C(\O)C(C)(CC)CC.Cc1sc2c(-c3ccc(CC(C)C)c4sccc34)cc(-c3[c-]c4ccccc4c(C(C)(C)C)c3)nc2c1C.[Ir]. The van der Waals surface area contributed by atoms with Crippen molar-refractivity contribution in [1.82, 2.24) is 4.98 Å². The maximum atomic E-state index is 12.2. The summed E-state index contributed by atoms with van der Waals surface area (Å²) in [5.74, 6) is 0.919. The standard InChI is InChI=1S/C35H34NS2.C15H28O2.Ir/c1-20(2)16-24-12-13-27(28-14-15-37-33(24)28)29-19-31(36-32-21(3)22(4)38-34(29)32)25-17-23-10-8-9-11-26(23)30(18-25)35(5,6)7;1-7-14(5,8-2)12(16)11-13(17)15(6,9-3)10-4;/h8-15,18-20H,16H2,1-7H3;11,16H,7-10H2,1-6H3;/q-1;;/b;12-11-;. The Bertz CT molecular complexity index is 2340. The van der Waals surface area contributed by atoms with Gasteiger partial charge >= 0.3 is 0 Å². The number of carbonyl (C=O) groups excluding carboxylic acids is 1. The van der Waals surface area contributed by atoms with E-state index in [2.05, 4.69) is 115 Å². The fourth-order valence-electron chi connectivity index (χ4n) is 7.25. The van der Waals surface area contributed by atoms with Gasteiger partial charge in [-0.3, -0.25) is 9.78 Å². The molecule has 56 heavy (non-hydrogen) atoms. The minimum Gasteiger partial charge on any atom is -0.512 e. The molecule has 0 fully saturated rings. The number of aliphatic hydroxyl groups excluding tert-OH is 1. The number of pyridine rings is 1. The van der Waals surface area contributed by atoms with Gasteiger partial charge in [-0.15, -0.1) is 51.8 Å². The monoisotopic (exact) mass is 965 g/mol. The predicted molar refractivity (Wildman–Crippen MR) is 242 cm³/mol. The third-order valence-corrected chi connectivity index (χ3v) is 14.4. The molecule has 301 valence electrons. The number of hydrogen-bond donors (Lipinski definition) is 1. The quantitative estimate of drug-likeness (QED) is 0.0800. The van der Waals surface area contributed by atoms with Crippen molar-refractivity contribution in [2.45, 2.75) is 128 Å². The maximum Gasteiger partial charge on any atom is 0.164 e. The third-order valence-electron chi connectivity index (χ3n) is 12.2. The second kappa shape index (κ2) is 18.2. The first-order valence-electron chi connectivity index (χ1n) is 20.2. The van der Waals surface area contributed by atoms with Gasteiger partial charge in [0.25, 0.3) is 0 Å². The van der Waals surface area contributed by atoms with E-state index in [0.29, 0.717) is 5.92 Å². The van der Waals surface area contributed by atoms with Crippen molar-refractivity contribution in [2.75, 3.05) is 0 Å². The molecule has 0 aliphatic rings. The first kappa shape index (κ1) is 45.6. The third kappa shape index (κ3) is 9.25. The number of allylic oxidation sites excluding steroid dienone is 2. The van der Waals surface area contributed by atoms with Crippen molar-refractivity contribution in [1.29, 1.82) is 0 Å². The van der Waals surface area contributed by atoms with Crippen molar-refractivity contribution in [2.24, 2.45) is 16.7 Å². The van der Waals surface area contributed by atoms with Gasteiger partial charge < -0.3 is 5.11 Å². The fourth-order valence-corrected chi connectivity index (χ4v) is 9.33. The summed E-state index contributed by atoms with van der Waals surface area (Å²) in [7, 11) is 0. The number of carbonyl (C=O) groups is 1. The summed E-state index contributed by atoms with van der Waals surface area (Å²) in [6.07, 6.45) is 5.86. The van der Waals surface area contributed by atoms with Gasteiger partial charge in [-0.1, -0.05) is 124 Å². The molecule has 0 spiro atoms. The van der Waals surface area contributed by atoms with Gasteiger partial charge in [-0.25, -0.2) is 0 Å². The van der Waals surface area contributed by atoms with E-state index >= 15 is 0 Å². The van der Waals surface area contributed by atoms with Crippen LogP contribution in [0.3, 0.4) is 0 Å². The minimum absolute atomic E-state index is 0. The van der Waals surface area contributed by atoms with E-state index in [4.69, 9.17) is 4.98 Å². The molecule has 6 heteroatoms. The van der Waals surface area contributed by atoms with Crippen LogP contribution in [0.25, 0.3) is 53.5 Å². The number of aliphatic hydroxyl groups is 1. The average molecular weight is 965 g/mol. The number of benzene rings is 3. The molecule has 3 heterocycles. The van der Waals surface area contributed by atoms with Crippen molar-refractivity contribution >= 4 is 59.5 Å². The smallest absolute Gasteiger partial charge is 0.164 e. The molecule has 0 saturated carbocycles. The number of aromatic nitrogens is 1. The van der Waals surface area contributed by atoms with Gasteiger partial charge in [0.05, 0.1) is 10.2 Å². The Kier molecular flexibility index (Phi) is 14.8. The van der Waals surface area contributed by atoms with E-state index in [0.717, 1.165) is 54.3 Å². The van der Waals surface area contributed by atoms with Crippen LogP contribution in [-0.2, 0) is 36.7 Å². The van der Waals surface area contributed by atoms with E-state index in [1.807, 2.05) is 64.2 Å². The molecule has 1 N–H and O–H groups in total. The molecule has 0 saturated heterocycles. The number of aryl methyl sites for hydroxylation is 2. The molecule has 0 atom stereocenters. The van der Waals surface area contributed by atoms with Crippen LogP contribution in [0, 0.1) is 36.7 Å². The summed E-state index contributed by atoms with van der Waals surface area (Å²) in [5, 5.41) is 16.2. The molecule has 3 nitrogen and oxygen atoms in total. The normalized spacial score (nSPS) is 12.6. The Morgan fingerprint density at radius 3 is 2.09 bits per heavy atom. The number of ketones is 1. The Labute approximate surface area is 358 Å². The Morgan fingerprint density at radius 1 is 0.839 bits per heavy atom. The predicted octanol–water partition coefficient (Wildman–Crippen LogP) is 15.6. The van der Waals surface area contributed by atoms with E-state index in [-0.39, 0.29) is 47.9 Å². The zero-order valence-corrected chi connectivity index (χ0v) is 39.9. The molecule has 6 rings (SSSR count). The summed E-state index contributed by atoms with van der Waals surface area (Å²) in [6.45, 7) is 28.0. The molecule has 0 unspecified atom stereocenters. The van der Waals surface area contributed by atoms with Crippen LogP contribution < -0.4 is 0 Å². The van der Waals surface area contributed by atoms with Crippen LogP contribution in [0.1, 0.15) is 123 Å². The van der Waals surface area contributed by atoms with Crippen LogP contribution in [0.15, 0.2) is 71.8 Å². The van der Waals surface area contributed by atoms with E-state index in [1.165, 1.54) is 58.9 Å². The number of hydrogen-bond acceptors (Lipinski definition) is 5. The van der Waals surface area contributed by atoms with Crippen molar-refractivity contribution in [3.8, 4) is 22.4 Å². The van der Waals surface area contributed by atoms with Gasteiger partial charge in [-0.2, -0.15) is 0 Å². The number of thiophene rings is 2. The van der Waals surface area contributed by atoms with Gasteiger partial charge in [0.15, 0.2) is 5.78 Å². The van der Waals surface area contributed by atoms with Crippen LogP contribution in [0.5, 0.6) is 0 Å². The molecule has 0 aliphatic heterocycles. The molecular formula is C50H62IrNO2S2-. The summed E-state index contributed by atoms with van der Waals surface area (Å²) >= 11 is 3.74. The summed E-state index contributed by atoms with van der Waals surface area (Å²) in [4.78, 5) is 18.8. The maximum absolute atomic E-state index is 12.2. The zero-order chi connectivity index (χ0) is 40.5. The molecule has 0 aliphatic carbocycles. The van der Waals surface area contributed by atoms with Gasteiger partial charge in [0.1, 0.15) is 5.76 Å². The van der Waals surface area contributed by atoms with Crippen LogP contribution in [0.4, 0.5) is 0 Å². The van der Waals surface area contributed by atoms with Crippen LogP contribution >= 0.6 is 22.7 Å². The van der Waals surface area contributed by atoms with E-state index in [1.54, 1.807) is 0 Å². The van der Waals surface area contributed by atoms with Crippen LogP contribution in [-0.4, -0.2) is 15.9 Å². The number of rotatable bonds is 11. The Morgan fingerprint density at radius 2 is 1.48 bits per heavy atom. The Balaban J connectivity index is 0.000000330. The molecular weight excluding hydrogens is 903 g/mol. The summed E-state index contributed by atoms with van der Waals surface area (Å²) in [6, 6.07) is 24.0. The van der Waals surface area contributed by atoms with Crippen molar-refractivity contribution in [3.05, 3.63) is 99.4 Å². The average Bonchev–Trinajstić information content (AvgIpc) is 3.77. The zero-order valence-electron chi connectivity index (χ0n) is 35.9. The largest absolute Gasteiger partial charge is 0.512 e. The Hall–Kier alpha value is -3.15. The van der Waals surface area contributed by atoms with E-state index < -0.39 is 0 Å². The molecule has 1 radical (unpaired) electrons. The van der Waals surface area contributed by atoms with Crippen molar-refractivity contribution in [3.63, 3.8) is 0 Å². The summed E-state index contributed by atoms with van der Waals surface area (Å²) < 4.78 is 2.70. The second-order valence-corrected chi connectivity index (χ2v) is 19.5. The first-order valence-corrected chi connectivity index (χ1v) is 21.9. The topological polar surface area (TPSA) is 50.2 Å². The fraction of sp³-hybridized carbons (Fsp3) is 0.440. The minimum atomic E-state index is -0.337. The summed E-state index contributed by atoms with van der Waals surface area (Å²) in [5.41, 5.74) is 9.26. The van der Waals surface area contributed by atoms with E-state index in [9.17, 15) is 9.90 Å². The molecule has 3 aromatic carbocycles. The van der Waals surface area contributed by atoms with Crippen LogP contribution in [0.2, 0.25) is 0 Å². The van der Waals surface area contributed by atoms with Gasteiger partial charge in [0.2, 0.25) is 0 Å². The van der Waals surface area contributed by atoms with Gasteiger partial charge in [0, 0.05) is 57.7 Å². The van der Waals surface area contributed by atoms with Crippen molar-refractivity contribution < 1.29 is 30.0 Å².